The fourth-order valence-electron chi connectivity index (χ4n) is 3.76. The summed E-state index contributed by atoms with van der Waals surface area (Å²) in [5.41, 5.74) is 11.4. The molecule has 5 N–H and O–H groups in total. The molecule has 2 heterocycles. The van der Waals surface area contributed by atoms with Gasteiger partial charge in [-0.15, -0.1) is 0 Å². The van der Waals surface area contributed by atoms with Crippen molar-refractivity contribution >= 4 is 0 Å². The minimum Gasteiger partial charge on any atom is -0.361 e. The van der Waals surface area contributed by atoms with E-state index in [1.807, 2.05) is 0 Å². The van der Waals surface area contributed by atoms with Crippen LogP contribution in [0.1, 0.15) is 6.42 Å². The minimum atomic E-state index is 0.131. The molecule has 2 fully saturated rings. The first-order chi connectivity index (χ1) is 11.1. The molecule has 136 valence electrons. The summed E-state index contributed by atoms with van der Waals surface area (Å²) in [6, 6.07) is 0.509. The second-order valence-corrected chi connectivity index (χ2v) is 7.08. The van der Waals surface area contributed by atoms with Crippen molar-refractivity contribution in [1.29, 1.82) is 0 Å². The predicted octanol–water partition coefficient (Wildman–Crippen LogP) is -1.60. The second kappa shape index (κ2) is 9.88. The molecule has 0 aromatic carbocycles. The zero-order valence-electron chi connectivity index (χ0n) is 14.9. The molecule has 2 saturated heterocycles. The Morgan fingerprint density at radius 3 is 2.78 bits per heavy atom. The van der Waals surface area contributed by atoms with Crippen molar-refractivity contribution in [2.45, 2.75) is 18.7 Å². The third-order valence-corrected chi connectivity index (χ3v) is 4.99. The van der Waals surface area contributed by atoms with Crippen LogP contribution in [0.5, 0.6) is 0 Å². The fourth-order valence-corrected chi connectivity index (χ4v) is 3.76. The van der Waals surface area contributed by atoms with E-state index in [4.69, 9.17) is 16.2 Å². The van der Waals surface area contributed by atoms with Crippen LogP contribution in [0.15, 0.2) is 0 Å². The second-order valence-electron chi connectivity index (χ2n) is 7.08. The van der Waals surface area contributed by atoms with Gasteiger partial charge < -0.3 is 26.0 Å². The van der Waals surface area contributed by atoms with Crippen LogP contribution in [0.2, 0.25) is 0 Å². The Bertz CT molecular complexity index is 330. The van der Waals surface area contributed by atoms with Crippen molar-refractivity contribution in [2.24, 2.45) is 17.4 Å². The highest BCUT2D eigenvalue weighted by molar-refractivity contribution is 4.87. The predicted molar refractivity (Wildman–Crippen MR) is 94.3 cm³/mol. The molecule has 3 unspecified atom stereocenters. The van der Waals surface area contributed by atoms with Gasteiger partial charge in [0.2, 0.25) is 0 Å². The molecule has 0 aromatic heterocycles. The summed E-state index contributed by atoms with van der Waals surface area (Å²) in [4.78, 5) is 7.17. The number of hydrogen-bond acceptors (Lipinski definition) is 7. The van der Waals surface area contributed by atoms with E-state index < -0.39 is 0 Å². The van der Waals surface area contributed by atoms with Crippen LogP contribution < -0.4 is 16.8 Å². The summed E-state index contributed by atoms with van der Waals surface area (Å²) >= 11 is 0. The molecule has 0 spiro atoms. The van der Waals surface area contributed by atoms with E-state index in [1.165, 1.54) is 6.42 Å². The van der Waals surface area contributed by atoms with E-state index in [-0.39, 0.29) is 6.23 Å². The van der Waals surface area contributed by atoms with E-state index in [9.17, 15) is 0 Å². The quantitative estimate of drug-likeness (QED) is 0.495. The standard InChI is InChI=1S/C16H36N6O/c1-20-6-3-15(14(11-20)12-21(2)7-4-17)19-16-13-22(8-5-18)9-10-23-16/h14-16,19H,3-13,17-18H2,1-2H3. The van der Waals surface area contributed by atoms with Crippen LogP contribution in [0, 0.1) is 5.92 Å². The Morgan fingerprint density at radius 2 is 2.04 bits per heavy atom. The third kappa shape index (κ3) is 6.26. The number of rotatable bonds is 8. The van der Waals surface area contributed by atoms with Gasteiger partial charge in [0.25, 0.3) is 0 Å². The first-order valence-corrected chi connectivity index (χ1v) is 8.99. The van der Waals surface area contributed by atoms with Crippen molar-refractivity contribution in [3.8, 4) is 0 Å². The van der Waals surface area contributed by atoms with Gasteiger partial charge in [-0.25, -0.2) is 0 Å². The first-order valence-electron chi connectivity index (χ1n) is 8.99. The lowest BCUT2D eigenvalue weighted by molar-refractivity contribution is -0.0582. The SMILES string of the molecule is CN(CCN)CC1CN(C)CCC1NC1CN(CCN)CCO1. The molecular weight excluding hydrogens is 292 g/mol. The van der Waals surface area contributed by atoms with Gasteiger partial charge in [0.05, 0.1) is 6.61 Å². The van der Waals surface area contributed by atoms with Gasteiger partial charge in [0, 0.05) is 58.4 Å². The molecule has 0 aliphatic carbocycles. The Kier molecular flexibility index (Phi) is 8.18. The highest BCUT2D eigenvalue weighted by Crippen LogP contribution is 2.19. The average Bonchev–Trinajstić information content (AvgIpc) is 2.51. The average molecular weight is 329 g/mol. The molecule has 0 saturated carbocycles. The molecule has 2 aliphatic rings. The van der Waals surface area contributed by atoms with Crippen LogP contribution in [-0.2, 0) is 4.74 Å². The molecule has 0 bridgehead atoms. The molecule has 7 heteroatoms. The maximum absolute atomic E-state index is 5.94. The number of hydrogen-bond donors (Lipinski definition) is 3. The number of piperidine rings is 1. The zero-order chi connectivity index (χ0) is 16.7. The van der Waals surface area contributed by atoms with Crippen molar-refractivity contribution in [3.05, 3.63) is 0 Å². The molecular formula is C16H36N6O. The monoisotopic (exact) mass is 328 g/mol. The number of nitrogens with zero attached hydrogens (tertiary/aromatic N) is 3. The smallest absolute Gasteiger partial charge is 0.121 e. The van der Waals surface area contributed by atoms with Gasteiger partial charge in [0.15, 0.2) is 0 Å². The Morgan fingerprint density at radius 1 is 1.22 bits per heavy atom. The lowest BCUT2D eigenvalue weighted by atomic mass is 9.91. The van der Waals surface area contributed by atoms with Crippen LogP contribution in [0.25, 0.3) is 0 Å². The third-order valence-electron chi connectivity index (χ3n) is 4.99. The van der Waals surface area contributed by atoms with Gasteiger partial charge in [-0.1, -0.05) is 0 Å². The summed E-state index contributed by atoms with van der Waals surface area (Å²) in [5, 5.41) is 3.78. The fraction of sp³-hybridized carbons (Fsp3) is 1.00. The molecule has 0 radical (unpaired) electrons. The van der Waals surface area contributed by atoms with Gasteiger partial charge in [-0.3, -0.25) is 10.2 Å². The normalized spacial score (nSPS) is 30.9. The van der Waals surface area contributed by atoms with E-state index in [0.29, 0.717) is 18.5 Å². The maximum Gasteiger partial charge on any atom is 0.121 e. The number of nitrogens with two attached hydrogens (primary N) is 2. The topological polar surface area (TPSA) is 83.0 Å². The lowest BCUT2D eigenvalue weighted by Gasteiger charge is -2.42. The molecule has 0 amide bonds. The summed E-state index contributed by atoms with van der Waals surface area (Å²) < 4.78 is 5.94. The van der Waals surface area contributed by atoms with E-state index in [1.54, 1.807) is 0 Å². The van der Waals surface area contributed by atoms with Gasteiger partial charge in [0.1, 0.15) is 6.23 Å². The van der Waals surface area contributed by atoms with Gasteiger partial charge >= 0.3 is 0 Å². The molecule has 7 nitrogen and oxygen atoms in total. The highest BCUT2D eigenvalue weighted by atomic mass is 16.5. The molecule has 0 aromatic rings. The van der Waals surface area contributed by atoms with Crippen LogP contribution in [-0.4, -0.2) is 107 Å². The van der Waals surface area contributed by atoms with E-state index in [2.05, 4.69) is 34.1 Å². The van der Waals surface area contributed by atoms with Gasteiger partial charge in [-0.2, -0.15) is 0 Å². The number of ether oxygens (including phenoxy) is 1. The number of likely N-dealkylation sites (tertiary alicyclic amines) is 1. The Labute approximate surface area is 141 Å². The minimum absolute atomic E-state index is 0.131. The Hall–Kier alpha value is -0.280. The summed E-state index contributed by atoms with van der Waals surface area (Å²) in [6.07, 6.45) is 1.31. The molecule has 2 aliphatic heterocycles. The van der Waals surface area contributed by atoms with Crippen molar-refractivity contribution in [2.75, 3.05) is 79.6 Å². The van der Waals surface area contributed by atoms with Crippen LogP contribution >= 0.6 is 0 Å². The largest absolute Gasteiger partial charge is 0.361 e. The van der Waals surface area contributed by atoms with Crippen LogP contribution in [0.3, 0.4) is 0 Å². The van der Waals surface area contributed by atoms with E-state index >= 15 is 0 Å². The number of likely N-dealkylation sites (N-methyl/N-ethyl adjacent to an activating group) is 1. The first kappa shape index (κ1) is 19.1. The molecule has 3 atom stereocenters. The van der Waals surface area contributed by atoms with Crippen molar-refractivity contribution in [3.63, 3.8) is 0 Å². The number of nitrogens with one attached hydrogen (secondary N) is 1. The maximum atomic E-state index is 5.94. The van der Waals surface area contributed by atoms with Crippen molar-refractivity contribution in [1.82, 2.24) is 20.0 Å². The van der Waals surface area contributed by atoms with Crippen LogP contribution in [0.4, 0.5) is 0 Å². The summed E-state index contributed by atoms with van der Waals surface area (Å²) in [6.45, 7) is 9.43. The zero-order valence-corrected chi connectivity index (χ0v) is 14.9. The Balaban J connectivity index is 1.87. The van der Waals surface area contributed by atoms with Crippen molar-refractivity contribution < 1.29 is 4.74 Å². The number of morpholine rings is 1. The lowest BCUT2D eigenvalue weighted by Crippen LogP contribution is -2.58. The molecule has 23 heavy (non-hydrogen) atoms. The van der Waals surface area contributed by atoms with Gasteiger partial charge in [-0.05, 0) is 33.0 Å². The molecule has 2 rings (SSSR count). The van der Waals surface area contributed by atoms with E-state index in [0.717, 1.165) is 59.0 Å². The highest BCUT2D eigenvalue weighted by Gasteiger charge is 2.31. The summed E-state index contributed by atoms with van der Waals surface area (Å²) in [7, 11) is 4.38. The summed E-state index contributed by atoms with van der Waals surface area (Å²) in [5.74, 6) is 0.610.